The molecule has 0 aromatic carbocycles. The molecule has 1 saturated heterocycles. The van der Waals surface area contributed by atoms with Crippen LogP contribution in [0.4, 0.5) is 5.95 Å². The van der Waals surface area contributed by atoms with E-state index in [9.17, 15) is 5.11 Å². The first-order valence-corrected chi connectivity index (χ1v) is 10.3. The van der Waals surface area contributed by atoms with Crippen LogP contribution in [0.5, 0.6) is 0 Å². The van der Waals surface area contributed by atoms with Gasteiger partial charge in [0.25, 0.3) is 0 Å². The fraction of sp³-hybridized carbons (Fsp3) is 0.667. The number of piperidine rings is 1. The zero-order valence-corrected chi connectivity index (χ0v) is 16.1. The van der Waals surface area contributed by atoms with Crippen molar-refractivity contribution < 1.29 is 5.11 Å². The Balaban J connectivity index is 1.40. The summed E-state index contributed by atoms with van der Waals surface area (Å²) in [7, 11) is 0. The van der Waals surface area contributed by atoms with Crippen LogP contribution >= 0.6 is 0 Å². The highest BCUT2D eigenvalue weighted by atomic mass is 16.3. The van der Waals surface area contributed by atoms with Crippen LogP contribution in [0.1, 0.15) is 57.1 Å². The van der Waals surface area contributed by atoms with Gasteiger partial charge in [-0.2, -0.15) is 5.10 Å². The Hall–Kier alpha value is -1.95. The van der Waals surface area contributed by atoms with Crippen LogP contribution in [0, 0.1) is 11.3 Å². The second-order valence-corrected chi connectivity index (χ2v) is 8.48. The number of anilines is 1. The van der Waals surface area contributed by atoms with Gasteiger partial charge in [0.1, 0.15) is 0 Å². The Labute approximate surface area is 161 Å². The third-order valence-electron chi connectivity index (χ3n) is 6.68. The van der Waals surface area contributed by atoms with E-state index in [1.54, 1.807) is 0 Å². The minimum atomic E-state index is 0.0757. The van der Waals surface area contributed by atoms with E-state index in [0.29, 0.717) is 12.0 Å². The molecule has 4 rings (SSSR count). The second kappa shape index (κ2) is 7.97. The highest BCUT2D eigenvalue weighted by molar-refractivity contribution is 5.37. The summed E-state index contributed by atoms with van der Waals surface area (Å²) in [5.41, 5.74) is 5.48. The highest BCUT2D eigenvalue weighted by Crippen LogP contribution is 2.48. The van der Waals surface area contributed by atoms with E-state index >= 15 is 0 Å². The Bertz CT molecular complexity index is 700. The summed E-state index contributed by atoms with van der Waals surface area (Å²) in [5, 5.41) is 13.7. The molecule has 3 fully saturated rings. The van der Waals surface area contributed by atoms with Gasteiger partial charge in [-0.05, 0) is 51.0 Å². The lowest BCUT2D eigenvalue weighted by Gasteiger charge is -2.31. The SMILES string of the molecule is C=NN/C(=C\CCc1ccnc(N2CC3(CO)CCC2C3)n1)C1CCCC1. The van der Waals surface area contributed by atoms with Crippen molar-refractivity contribution in [3.63, 3.8) is 0 Å². The summed E-state index contributed by atoms with van der Waals surface area (Å²) in [5.74, 6) is 1.43. The van der Waals surface area contributed by atoms with Gasteiger partial charge in [-0.1, -0.05) is 18.9 Å². The molecule has 1 aromatic rings. The highest BCUT2D eigenvalue weighted by Gasteiger charge is 2.49. The van der Waals surface area contributed by atoms with Gasteiger partial charge in [-0.15, -0.1) is 0 Å². The molecule has 0 spiro atoms. The van der Waals surface area contributed by atoms with E-state index in [1.165, 1.54) is 31.4 Å². The Morgan fingerprint density at radius 1 is 1.41 bits per heavy atom. The Kier molecular flexibility index (Phi) is 5.43. The summed E-state index contributed by atoms with van der Waals surface area (Å²) in [6.07, 6.45) is 14.4. The van der Waals surface area contributed by atoms with Gasteiger partial charge in [0.15, 0.2) is 0 Å². The number of aliphatic hydroxyl groups is 1. The standard InChI is InChI=1S/C21H31N5O/c1-22-25-19(16-5-2-3-6-16)8-4-7-17-10-12-23-20(24-17)26-14-21(15-27)11-9-18(26)13-21/h8,10,12,16,18,25,27H,1-7,9,11,13-15H2/b19-8-. The minimum absolute atomic E-state index is 0.0757. The largest absolute Gasteiger partial charge is 0.396 e. The molecule has 2 aliphatic carbocycles. The van der Waals surface area contributed by atoms with E-state index in [2.05, 4.69) is 33.2 Å². The van der Waals surface area contributed by atoms with E-state index in [0.717, 1.165) is 50.3 Å². The topological polar surface area (TPSA) is 73.6 Å². The molecular formula is C21H31N5O. The fourth-order valence-corrected chi connectivity index (χ4v) is 5.17. The van der Waals surface area contributed by atoms with Crippen molar-refractivity contribution in [1.29, 1.82) is 0 Å². The van der Waals surface area contributed by atoms with Crippen LogP contribution in [-0.2, 0) is 6.42 Å². The number of aryl methyl sites for hydroxylation is 1. The summed E-state index contributed by atoms with van der Waals surface area (Å²) >= 11 is 0. The minimum Gasteiger partial charge on any atom is -0.396 e. The first-order valence-electron chi connectivity index (χ1n) is 10.3. The van der Waals surface area contributed by atoms with Gasteiger partial charge >= 0.3 is 0 Å². The maximum absolute atomic E-state index is 9.77. The normalized spacial score (nSPS) is 28.1. The maximum atomic E-state index is 9.77. The number of fused-ring (bicyclic) bond motifs is 2. The third-order valence-corrected chi connectivity index (χ3v) is 6.68. The number of hydrogen-bond donors (Lipinski definition) is 2. The van der Waals surface area contributed by atoms with Gasteiger partial charge < -0.3 is 10.0 Å². The molecule has 2 unspecified atom stereocenters. The molecule has 6 nitrogen and oxygen atoms in total. The predicted octanol–water partition coefficient (Wildman–Crippen LogP) is 3.04. The molecule has 2 N–H and O–H groups in total. The molecule has 6 heteroatoms. The van der Waals surface area contributed by atoms with E-state index in [-0.39, 0.29) is 12.0 Å². The summed E-state index contributed by atoms with van der Waals surface area (Å²) in [6.45, 7) is 4.74. The number of nitrogens with zero attached hydrogens (tertiary/aromatic N) is 4. The zero-order valence-electron chi connectivity index (χ0n) is 16.1. The number of allylic oxidation sites excluding steroid dienone is 2. The lowest BCUT2D eigenvalue weighted by atomic mass is 9.89. The Morgan fingerprint density at radius 3 is 3.00 bits per heavy atom. The molecule has 2 saturated carbocycles. The molecule has 0 radical (unpaired) electrons. The van der Waals surface area contributed by atoms with E-state index < -0.39 is 0 Å². The second-order valence-electron chi connectivity index (χ2n) is 8.48. The molecule has 1 aromatic heterocycles. The third kappa shape index (κ3) is 3.86. The number of aliphatic hydroxyl groups excluding tert-OH is 1. The molecule has 2 atom stereocenters. The summed E-state index contributed by atoms with van der Waals surface area (Å²) in [6, 6.07) is 2.51. The Morgan fingerprint density at radius 2 is 2.26 bits per heavy atom. The monoisotopic (exact) mass is 369 g/mol. The average molecular weight is 370 g/mol. The van der Waals surface area contributed by atoms with Crippen LogP contribution in [0.2, 0.25) is 0 Å². The van der Waals surface area contributed by atoms with Crippen molar-refractivity contribution in [2.24, 2.45) is 16.4 Å². The number of aromatic nitrogens is 2. The number of nitrogens with one attached hydrogen (secondary N) is 1. The number of hydrogen-bond acceptors (Lipinski definition) is 6. The average Bonchev–Trinajstić information content (AvgIpc) is 3.44. The number of rotatable bonds is 8. The van der Waals surface area contributed by atoms with Gasteiger partial charge in [-0.25, -0.2) is 9.97 Å². The van der Waals surface area contributed by atoms with Crippen LogP contribution in [0.15, 0.2) is 29.1 Å². The summed E-state index contributed by atoms with van der Waals surface area (Å²) < 4.78 is 0. The zero-order chi connectivity index (χ0) is 18.7. The van der Waals surface area contributed by atoms with E-state index in [4.69, 9.17) is 4.98 Å². The lowest BCUT2D eigenvalue weighted by molar-refractivity contribution is 0.148. The van der Waals surface area contributed by atoms with Gasteiger partial charge in [0.2, 0.25) is 5.95 Å². The van der Waals surface area contributed by atoms with Gasteiger partial charge in [0.05, 0.1) is 6.61 Å². The van der Waals surface area contributed by atoms with Crippen LogP contribution in [0.25, 0.3) is 0 Å². The quantitative estimate of drug-likeness (QED) is 0.544. The van der Waals surface area contributed by atoms with Crippen LogP contribution < -0.4 is 10.3 Å². The van der Waals surface area contributed by atoms with E-state index in [1.807, 2.05) is 12.3 Å². The molecule has 3 aliphatic rings. The van der Waals surface area contributed by atoms with Crippen molar-refractivity contribution in [2.75, 3.05) is 18.1 Å². The fourth-order valence-electron chi connectivity index (χ4n) is 5.17. The molecule has 2 bridgehead atoms. The first-order chi connectivity index (χ1) is 13.2. The predicted molar refractivity (Wildman–Crippen MR) is 108 cm³/mol. The maximum Gasteiger partial charge on any atom is 0.225 e. The van der Waals surface area contributed by atoms with Crippen molar-refractivity contribution in [2.45, 2.75) is 63.8 Å². The molecule has 0 amide bonds. The molecule has 2 heterocycles. The van der Waals surface area contributed by atoms with Crippen LogP contribution in [-0.4, -0.2) is 41.0 Å². The van der Waals surface area contributed by atoms with Crippen molar-refractivity contribution in [3.8, 4) is 0 Å². The van der Waals surface area contributed by atoms with Crippen molar-refractivity contribution in [1.82, 2.24) is 15.4 Å². The molecule has 146 valence electrons. The number of hydrazone groups is 1. The van der Waals surface area contributed by atoms with Crippen molar-refractivity contribution in [3.05, 3.63) is 29.7 Å². The first kappa shape index (κ1) is 18.4. The summed E-state index contributed by atoms with van der Waals surface area (Å²) in [4.78, 5) is 11.7. The van der Waals surface area contributed by atoms with Gasteiger partial charge in [-0.3, -0.25) is 5.43 Å². The van der Waals surface area contributed by atoms with Crippen molar-refractivity contribution >= 4 is 12.7 Å². The molecule has 1 aliphatic heterocycles. The lowest BCUT2D eigenvalue weighted by Crippen LogP contribution is -2.37. The smallest absolute Gasteiger partial charge is 0.225 e. The molecule has 27 heavy (non-hydrogen) atoms. The van der Waals surface area contributed by atoms with Crippen LogP contribution in [0.3, 0.4) is 0 Å². The molecular weight excluding hydrogens is 338 g/mol. The van der Waals surface area contributed by atoms with Gasteiger partial charge in [0, 0.05) is 48.2 Å².